The summed E-state index contributed by atoms with van der Waals surface area (Å²) in [6, 6.07) is 5.85. The summed E-state index contributed by atoms with van der Waals surface area (Å²) in [5.41, 5.74) is 1.95. The van der Waals surface area contributed by atoms with E-state index in [4.69, 9.17) is 0 Å². The van der Waals surface area contributed by atoms with Gasteiger partial charge in [0.1, 0.15) is 5.82 Å². The molecule has 2 saturated heterocycles. The normalized spacial score (nSPS) is 24.5. The van der Waals surface area contributed by atoms with Crippen LogP contribution in [0.1, 0.15) is 37.2 Å². The number of benzene rings is 1. The maximum Gasteiger partial charge on any atom is 0.146 e. The Morgan fingerprint density at radius 2 is 2.00 bits per heavy atom. The van der Waals surface area contributed by atoms with Gasteiger partial charge >= 0.3 is 0 Å². The van der Waals surface area contributed by atoms with Crippen LogP contribution in [0, 0.1) is 5.82 Å². The van der Waals surface area contributed by atoms with Gasteiger partial charge in [0.25, 0.3) is 0 Å². The fourth-order valence-corrected chi connectivity index (χ4v) is 3.13. The van der Waals surface area contributed by atoms with Crippen LogP contribution in [0.3, 0.4) is 0 Å². The molecule has 0 spiro atoms. The van der Waals surface area contributed by atoms with Crippen molar-refractivity contribution < 1.29 is 4.39 Å². The first kappa shape index (κ1) is 12.0. The molecule has 2 heterocycles. The largest absolute Gasteiger partial charge is 0.369 e. The Hall–Kier alpha value is -1.09. The zero-order chi connectivity index (χ0) is 12.4. The number of hydrogen-bond donors (Lipinski definition) is 1. The van der Waals surface area contributed by atoms with Gasteiger partial charge in [0.15, 0.2) is 0 Å². The van der Waals surface area contributed by atoms with E-state index in [1.165, 1.54) is 25.7 Å². The summed E-state index contributed by atoms with van der Waals surface area (Å²) >= 11 is 0. The van der Waals surface area contributed by atoms with E-state index < -0.39 is 0 Å². The van der Waals surface area contributed by atoms with Crippen LogP contribution in [0.4, 0.5) is 10.1 Å². The average molecular weight is 248 g/mol. The molecule has 3 heteroatoms. The van der Waals surface area contributed by atoms with Crippen molar-refractivity contribution in [3.8, 4) is 0 Å². The van der Waals surface area contributed by atoms with Gasteiger partial charge in [0, 0.05) is 19.6 Å². The van der Waals surface area contributed by atoms with E-state index in [1.807, 2.05) is 6.07 Å². The first-order valence-electron chi connectivity index (χ1n) is 7.10. The fourth-order valence-electron chi connectivity index (χ4n) is 3.13. The molecule has 1 aromatic rings. The third-order valence-electron chi connectivity index (χ3n) is 4.19. The summed E-state index contributed by atoms with van der Waals surface area (Å²) in [5.74, 6) is 0.445. The molecule has 0 bridgehead atoms. The number of anilines is 1. The number of piperidine rings is 1. The lowest BCUT2D eigenvalue weighted by Gasteiger charge is -2.24. The molecule has 3 rings (SSSR count). The molecule has 2 aliphatic heterocycles. The lowest BCUT2D eigenvalue weighted by atomic mass is 9.91. The first-order valence-corrected chi connectivity index (χ1v) is 7.10. The molecule has 18 heavy (non-hydrogen) atoms. The molecule has 1 unspecified atom stereocenters. The van der Waals surface area contributed by atoms with E-state index in [9.17, 15) is 4.39 Å². The molecule has 2 nitrogen and oxygen atoms in total. The Morgan fingerprint density at radius 1 is 1.17 bits per heavy atom. The zero-order valence-corrected chi connectivity index (χ0v) is 10.8. The second-order valence-electron chi connectivity index (χ2n) is 5.45. The molecular weight excluding hydrogens is 227 g/mol. The molecular formula is C15H21FN2. The van der Waals surface area contributed by atoms with E-state index in [1.54, 1.807) is 6.07 Å². The minimum atomic E-state index is -0.0417. The lowest BCUT2D eigenvalue weighted by molar-refractivity contribution is 0.460. The van der Waals surface area contributed by atoms with Crippen LogP contribution in [0.5, 0.6) is 0 Å². The van der Waals surface area contributed by atoms with Crippen LogP contribution < -0.4 is 10.2 Å². The van der Waals surface area contributed by atoms with Crippen LogP contribution in [0.15, 0.2) is 18.2 Å². The zero-order valence-electron chi connectivity index (χ0n) is 10.8. The van der Waals surface area contributed by atoms with Gasteiger partial charge < -0.3 is 10.2 Å². The predicted molar refractivity (Wildman–Crippen MR) is 72.7 cm³/mol. The Morgan fingerprint density at radius 3 is 2.67 bits per heavy atom. The smallest absolute Gasteiger partial charge is 0.146 e. The molecule has 1 atom stereocenters. The van der Waals surface area contributed by atoms with Crippen LogP contribution in [0.2, 0.25) is 0 Å². The van der Waals surface area contributed by atoms with Crippen LogP contribution in [-0.2, 0) is 0 Å². The van der Waals surface area contributed by atoms with Crippen LogP contribution >= 0.6 is 0 Å². The quantitative estimate of drug-likeness (QED) is 0.865. The summed E-state index contributed by atoms with van der Waals surface area (Å²) < 4.78 is 14.2. The SMILES string of the molecule is Fc1cc(C2CCCNC2)ccc1N1CCCC1. The number of hydrogen-bond acceptors (Lipinski definition) is 2. The minimum Gasteiger partial charge on any atom is -0.369 e. The van der Waals surface area contributed by atoms with Gasteiger partial charge in [-0.3, -0.25) is 0 Å². The van der Waals surface area contributed by atoms with Gasteiger partial charge in [0.05, 0.1) is 5.69 Å². The van der Waals surface area contributed by atoms with E-state index in [2.05, 4.69) is 16.3 Å². The lowest BCUT2D eigenvalue weighted by Crippen LogP contribution is -2.28. The van der Waals surface area contributed by atoms with Crippen molar-refractivity contribution in [2.75, 3.05) is 31.1 Å². The number of rotatable bonds is 2. The summed E-state index contributed by atoms with van der Waals surface area (Å²) in [6.45, 7) is 4.09. The molecule has 2 fully saturated rings. The summed E-state index contributed by atoms with van der Waals surface area (Å²) in [6.07, 6.45) is 4.75. The van der Waals surface area contributed by atoms with Crippen LogP contribution in [-0.4, -0.2) is 26.2 Å². The number of halogens is 1. The van der Waals surface area contributed by atoms with Crippen molar-refractivity contribution >= 4 is 5.69 Å². The van der Waals surface area contributed by atoms with E-state index in [0.29, 0.717) is 5.92 Å². The number of nitrogens with zero attached hydrogens (tertiary/aromatic N) is 1. The third-order valence-corrected chi connectivity index (χ3v) is 4.19. The van der Waals surface area contributed by atoms with Gasteiger partial charge in [0.2, 0.25) is 0 Å². The number of nitrogens with one attached hydrogen (secondary N) is 1. The average Bonchev–Trinajstić information content (AvgIpc) is 2.93. The summed E-state index contributed by atoms with van der Waals surface area (Å²) in [4.78, 5) is 2.16. The monoisotopic (exact) mass is 248 g/mol. The highest BCUT2D eigenvalue weighted by atomic mass is 19.1. The standard InChI is InChI=1S/C15H21FN2/c16-14-10-12(13-4-3-7-17-11-13)5-6-15(14)18-8-1-2-9-18/h5-6,10,13,17H,1-4,7-9,11H2. The molecule has 0 amide bonds. The second-order valence-corrected chi connectivity index (χ2v) is 5.45. The fraction of sp³-hybridized carbons (Fsp3) is 0.600. The topological polar surface area (TPSA) is 15.3 Å². The molecule has 0 aromatic heterocycles. The third kappa shape index (κ3) is 2.37. The van der Waals surface area contributed by atoms with Gasteiger partial charge in [-0.05, 0) is 55.8 Å². The molecule has 1 aromatic carbocycles. The molecule has 1 N–H and O–H groups in total. The van der Waals surface area contributed by atoms with E-state index in [-0.39, 0.29) is 5.82 Å². The van der Waals surface area contributed by atoms with Gasteiger partial charge in [-0.2, -0.15) is 0 Å². The maximum absolute atomic E-state index is 14.2. The summed E-state index contributed by atoms with van der Waals surface area (Å²) in [7, 11) is 0. The predicted octanol–water partition coefficient (Wildman–Crippen LogP) is 2.89. The van der Waals surface area contributed by atoms with Crippen molar-refractivity contribution in [3.63, 3.8) is 0 Å². The Kier molecular flexibility index (Phi) is 3.50. The minimum absolute atomic E-state index is 0.0417. The van der Waals surface area contributed by atoms with Gasteiger partial charge in [-0.15, -0.1) is 0 Å². The van der Waals surface area contributed by atoms with Crippen molar-refractivity contribution in [1.29, 1.82) is 0 Å². The van der Waals surface area contributed by atoms with Crippen molar-refractivity contribution in [1.82, 2.24) is 5.32 Å². The molecule has 2 aliphatic rings. The Balaban J connectivity index is 1.79. The maximum atomic E-state index is 14.2. The highest BCUT2D eigenvalue weighted by Gasteiger charge is 2.19. The van der Waals surface area contributed by atoms with Crippen molar-refractivity contribution in [2.24, 2.45) is 0 Å². The first-order chi connectivity index (χ1) is 8.84. The Bertz CT molecular complexity index is 407. The van der Waals surface area contributed by atoms with Gasteiger partial charge in [-0.1, -0.05) is 6.07 Å². The molecule has 0 saturated carbocycles. The molecule has 98 valence electrons. The van der Waals surface area contributed by atoms with Crippen molar-refractivity contribution in [2.45, 2.75) is 31.6 Å². The summed E-state index contributed by atoms with van der Waals surface area (Å²) in [5, 5.41) is 3.39. The Labute approximate surface area is 108 Å². The van der Waals surface area contributed by atoms with E-state index in [0.717, 1.165) is 37.4 Å². The highest BCUT2D eigenvalue weighted by molar-refractivity contribution is 5.50. The van der Waals surface area contributed by atoms with Gasteiger partial charge in [-0.25, -0.2) is 4.39 Å². The van der Waals surface area contributed by atoms with E-state index >= 15 is 0 Å². The van der Waals surface area contributed by atoms with Crippen LogP contribution in [0.25, 0.3) is 0 Å². The highest BCUT2D eigenvalue weighted by Crippen LogP contribution is 2.29. The van der Waals surface area contributed by atoms with Crippen molar-refractivity contribution in [3.05, 3.63) is 29.6 Å². The molecule has 0 radical (unpaired) electrons. The second kappa shape index (κ2) is 5.27. The molecule has 0 aliphatic carbocycles.